The summed E-state index contributed by atoms with van der Waals surface area (Å²) in [6.45, 7) is 1.98. The van der Waals surface area contributed by atoms with Crippen LogP contribution in [-0.4, -0.2) is 34.3 Å². The van der Waals surface area contributed by atoms with Gasteiger partial charge in [0.15, 0.2) is 0 Å². The van der Waals surface area contributed by atoms with Crippen LogP contribution in [0.1, 0.15) is 27.8 Å². The summed E-state index contributed by atoms with van der Waals surface area (Å²) in [5.41, 5.74) is 6.15. The zero-order valence-electron chi connectivity index (χ0n) is 8.30. The summed E-state index contributed by atoms with van der Waals surface area (Å²) < 4.78 is 0. The highest BCUT2D eigenvalue weighted by Gasteiger charge is 2.36. The summed E-state index contributed by atoms with van der Waals surface area (Å²) in [7, 11) is 0. The quantitative estimate of drug-likeness (QED) is 0.691. The fourth-order valence-corrected chi connectivity index (χ4v) is 1.57. The molecule has 2 rings (SSSR count). The minimum absolute atomic E-state index is 0.225. The number of aromatic nitrogens is 1. The van der Waals surface area contributed by atoms with Crippen molar-refractivity contribution in [3.05, 3.63) is 29.6 Å². The van der Waals surface area contributed by atoms with Crippen molar-refractivity contribution in [3.8, 4) is 0 Å². The third-order valence-electron chi connectivity index (χ3n) is 2.20. The van der Waals surface area contributed by atoms with Crippen LogP contribution in [0.5, 0.6) is 0 Å². The maximum absolute atomic E-state index is 11.8. The van der Waals surface area contributed by atoms with Crippen molar-refractivity contribution < 1.29 is 9.59 Å². The van der Waals surface area contributed by atoms with Gasteiger partial charge < -0.3 is 5.73 Å². The molecule has 0 aliphatic carbocycles. The Morgan fingerprint density at radius 1 is 1.47 bits per heavy atom. The highest BCUT2D eigenvalue weighted by molar-refractivity contribution is 6.20. The molecule has 0 aromatic carbocycles. The normalized spacial score (nSPS) is 16.8. The molecule has 0 spiro atoms. The van der Waals surface area contributed by atoms with Crippen LogP contribution in [0.25, 0.3) is 0 Å². The molecule has 0 bridgehead atoms. The largest absolute Gasteiger partial charge is 0.326 e. The molecular weight excluding hydrogens is 194 g/mol. The van der Waals surface area contributed by atoms with Crippen LogP contribution in [0.15, 0.2) is 18.3 Å². The van der Waals surface area contributed by atoms with E-state index >= 15 is 0 Å². The monoisotopic (exact) mass is 205 g/mol. The number of nitrogens with zero attached hydrogens (tertiary/aromatic N) is 2. The van der Waals surface area contributed by atoms with E-state index in [1.807, 2.05) is 0 Å². The van der Waals surface area contributed by atoms with Gasteiger partial charge in [0.25, 0.3) is 11.8 Å². The Morgan fingerprint density at radius 3 is 2.80 bits per heavy atom. The first-order chi connectivity index (χ1) is 7.11. The molecule has 2 heterocycles. The van der Waals surface area contributed by atoms with Crippen molar-refractivity contribution >= 4 is 11.8 Å². The molecule has 15 heavy (non-hydrogen) atoms. The van der Waals surface area contributed by atoms with Crippen LogP contribution < -0.4 is 5.73 Å². The molecule has 5 heteroatoms. The van der Waals surface area contributed by atoms with Gasteiger partial charge >= 0.3 is 0 Å². The summed E-state index contributed by atoms with van der Waals surface area (Å²) >= 11 is 0. The Kier molecular flexibility index (Phi) is 2.24. The van der Waals surface area contributed by atoms with Gasteiger partial charge in [-0.2, -0.15) is 0 Å². The first-order valence-corrected chi connectivity index (χ1v) is 4.68. The second-order valence-electron chi connectivity index (χ2n) is 3.60. The molecule has 0 fully saturated rings. The summed E-state index contributed by atoms with van der Waals surface area (Å²) in [6, 6.07) is 3.01. The van der Waals surface area contributed by atoms with Gasteiger partial charge in [-0.3, -0.25) is 19.5 Å². The predicted octanol–water partition coefficient (Wildman–Crippen LogP) is 0.0248. The van der Waals surface area contributed by atoms with E-state index in [1.165, 1.54) is 6.20 Å². The molecule has 1 aliphatic heterocycles. The van der Waals surface area contributed by atoms with E-state index in [9.17, 15) is 9.59 Å². The van der Waals surface area contributed by atoms with Crippen LogP contribution in [0, 0.1) is 0 Å². The zero-order chi connectivity index (χ0) is 11.0. The Balaban J connectivity index is 2.37. The summed E-state index contributed by atoms with van der Waals surface area (Å²) in [6.07, 6.45) is 1.50. The summed E-state index contributed by atoms with van der Waals surface area (Å²) in [5, 5.41) is 0. The Hall–Kier alpha value is -1.75. The molecule has 0 saturated heterocycles. The molecule has 5 nitrogen and oxygen atoms in total. The molecule has 1 aromatic rings. The molecule has 78 valence electrons. The lowest BCUT2D eigenvalue weighted by Gasteiger charge is -2.15. The molecule has 1 aliphatic rings. The Morgan fingerprint density at radius 2 is 2.20 bits per heavy atom. The second-order valence-corrected chi connectivity index (χ2v) is 3.60. The molecule has 0 saturated carbocycles. The first kappa shape index (κ1) is 9.79. The van der Waals surface area contributed by atoms with Gasteiger partial charge in [0.05, 0.1) is 5.56 Å². The maximum atomic E-state index is 11.8. The van der Waals surface area contributed by atoms with Gasteiger partial charge in [0.1, 0.15) is 5.69 Å². The standard InChI is InChI=1S/C10H11N3O2/c1-6(11)5-13-9(14)7-3-2-4-12-8(7)10(13)15/h2-4,6H,5,11H2,1H3. The molecule has 1 unspecified atom stereocenters. The lowest BCUT2D eigenvalue weighted by Crippen LogP contribution is -2.39. The van der Waals surface area contributed by atoms with Crippen molar-refractivity contribution in [2.45, 2.75) is 13.0 Å². The van der Waals surface area contributed by atoms with Crippen LogP contribution >= 0.6 is 0 Å². The van der Waals surface area contributed by atoms with Gasteiger partial charge in [-0.15, -0.1) is 0 Å². The number of carbonyl (C=O) groups is 2. The van der Waals surface area contributed by atoms with Gasteiger partial charge in [-0.1, -0.05) is 0 Å². The van der Waals surface area contributed by atoms with Crippen molar-refractivity contribution in [1.82, 2.24) is 9.88 Å². The van der Waals surface area contributed by atoms with Gasteiger partial charge in [-0.05, 0) is 19.1 Å². The average Bonchev–Trinajstić information content (AvgIpc) is 2.44. The molecular formula is C10H11N3O2. The lowest BCUT2D eigenvalue weighted by molar-refractivity contribution is 0.0645. The maximum Gasteiger partial charge on any atom is 0.280 e. The van der Waals surface area contributed by atoms with Crippen molar-refractivity contribution in [1.29, 1.82) is 0 Å². The van der Waals surface area contributed by atoms with Crippen LogP contribution in [0.4, 0.5) is 0 Å². The predicted molar refractivity (Wildman–Crippen MR) is 53.3 cm³/mol. The minimum Gasteiger partial charge on any atom is -0.326 e. The zero-order valence-corrected chi connectivity index (χ0v) is 8.30. The van der Waals surface area contributed by atoms with Gasteiger partial charge in [0, 0.05) is 18.8 Å². The van der Waals surface area contributed by atoms with E-state index in [-0.39, 0.29) is 30.1 Å². The lowest BCUT2D eigenvalue weighted by atomic mass is 10.2. The Labute approximate surface area is 86.9 Å². The van der Waals surface area contributed by atoms with Crippen molar-refractivity contribution in [2.24, 2.45) is 5.73 Å². The fraction of sp³-hybridized carbons (Fsp3) is 0.300. The molecule has 0 radical (unpaired) electrons. The van der Waals surface area contributed by atoms with Crippen LogP contribution in [-0.2, 0) is 0 Å². The van der Waals surface area contributed by atoms with Crippen molar-refractivity contribution in [2.75, 3.05) is 6.54 Å². The van der Waals surface area contributed by atoms with Crippen molar-refractivity contribution in [3.63, 3.8) is 0 Å². The third kappa shape index (κ3) is 1.50. The second kappa shape index (κ2) is 3.43. The number of imide groups is 1. The first-order valence-electron chi connectivity index (χ1n) is 4.68. The van der Waals surface area contributed by atoms with E-state index in [2.05, 4.69) is 4.98 Å². The number of pyridine rings is 1. The molecule has 2 N–H and O–H groups in total. The van der Waals surface area contributed by atoms with E-state index in [4.69, 9.17) is 5.73 Å². The molecule has 1 atom stereocenters. The Bertz CT molecular complexity index is 393. The minimum atomic E-state index is -0.354. The number of amides is 2. The van der Waals surface area contributed by atoms with Crippen LogP contribution in [0.2, 0.25) is 0 Å². The van der Waals surface area contributed by atoms with Gasteiger partial charge in [0.2, 0.25) is 0 Å². The number of nitrogens with two attached hydrogens (primary N) is 1. The summed E-state index contributed by atoms with van der Waals surface area (Å²) in [4.78, 5) is 28.5. The highest BCUT2D eigenvalue weighted by atomic mass is 16.2. The summed E-state index contributed by atoms with van der Waals surface area (Å²) in [5.74, 6) is -0.659. The molecule has 2 amide bonds. The fourth-order valence-electron chi connectivity index (χ4n) is 1.57. The topological polar surface area (TPSA) is 76.3 Å². The molecule has 1 aromatic heterocycles. The number of hydrogen-bond acceptors (Lipinski definition) is 4. The third-order valence-corrected chi connectivity index (χ3v) is 2.20. The number of hydrogen-bond donors (Lipinski definition) is 1. The number of carbonyl (C=O) groups excluding carboxylic acids is 2. The van der Waals surface area contributed by atoms with E-state index in [1.54, 1.807) is 19.1 Å². The highest BCUT2D eigenvalue weighted by Crippen LogP contribution is 2.19. The smallest absolute Gasteiger partial charge is 0.280 e. The van der Waals surface area contributed by atoms with Gasteiger partial charge in [-0.25, -0.2) is 0 Å². The number of rotatable bonds is 2. The van der Waals surface area contributed by atoms with Crippen LogP contribution in [0.3, 0.4) is 0 Å². The number of fused-ring (bicyclic) bond motifs is 1. The van der Waals surface area contributed by atoms with E-state index < -0.39 is 0 Å². The average molecular weight is 205 g/mol. The SMILES string of the molecule is CC(N)CN1C(=O)c2cccnc2C1=O. The van der Waals surface area contributed by atoms with E-state index in [0.717, 1.165) is 4.90 Å². The van der Waals surface area contributed by atoms with E-state index in [0.29, 0.717) is 5.56 Å².